The third kappa shape index (κ3) is 2.89. The van der Waals surface area contributed by atoms with E-state index in [0.29, 0.717) is 0 Å². The molecule has 0 amide bonds. The number of aromatic carboxylic acids is 1. The molecule has 10 heteroatoms. The molecule has 106 valence electrons. The van der Waals surface area contributed by atoms with Crippen molar-refractivity contribution in [2.45, 2.75) is 11.8 Å². The maximum atomic E-state index is 12.0. The summed E-state index contributed by atoms with van der Waals surface area (Å²) in [6.07, 6.45) is 0. The topological polar surface area (TPSA) is 122 Å². The van der Waals surface area contributed by atoms with Crippen LogP contribution in [-0.4, -0.2) is 29.7 Å². The number of hydrogen-bond acceptors (Lipinski definition) is 6. The van der Waals surface area contributed by atoms with Gasteiger partial charge in [-0.2, -0.15) is 0 Å². The van der Waals surface area contributed by atoms with Gasteiger partial charge >= 0.3 is 12.0 Å². The number of aryl methyl sites for hydroxylation is 1. The van der Waals surface area contributed by atoms with E-state index in [-0.39, 0.29) is 27.4 Å². The van der Waals surface area contributed by atoms with Gasteiger partial charge in [-0.25, -0.2) is 17.9 Å². The maximum absolute atomic E-state index is 12.0. The molecule has 0 fully saturated rings. The van der Waals surface area contributed by atoms with Gasteiger partial charge in [-0.3, -0.25) is 0 Å². The van der Waals surface area contributed by atoms with E-state index in [9.17, 15) is 13.2 Å². The van der Waals surface area contributed by atoms with Gasteiger partial charge in [0.25, 0.3) is 10.0 Å². The molecular formula is C10H8ClN3O5S. The number of rotatable bonds is 4. The summed E-state index contributed by atoms with van der Waals surface area (Å²) in [6.45, 7) is 1.50. The molecule has 0 atom stereocenters. The molecule has 0 saturated carbocycles. The zero-order valence-electron chi connectivity index (χ0n) is 9.99. The van der Waals surface area contributed by atoms with Gasteiger partial charge in [0.15, 0.2) is 0 Å². The molecule has 8 nitrogen and oxygen atoms in total. The van der Waals surface area contributed by atoms with Crippen LogP contribution in [0.4, 0.5) is 6.01 Å². The summed E-state index contributed by atoms with van der Waals surface area (Å²) in [7, 11) is -3.99. The predicted molar refractivity (Wildman–Crippen MR) is 68.3 cm³/mol. The van der Waals surface area contributed by atoms with Gasteiger partial charge in [-0.1, -0.05) is 16.7 Å². The largest absolute Gasteiger partial charge is 0.478 e. The molecule has 2 aromatic rings. The van der Waals surface area contributed by atoms with E-state index in [1.165, 1.54) is 6.92 Å². The van der Waals surface area contributed by atoms with Crippen LogP contribution in [0.25, 0.3) is 0 Å². The third-order valence-corrected chi connectivity index (χ3v) is 3.86. The summed E-state index contributed by atoms with van der Waals surface area (Å²) in [5.41, 5.74) is -0.195. The lowest BCUT2D eigenvalue weighted by molar-refractivity contribution is 0.0697. The van der Waals surface area contributed by atoms with Crippen molar-refractivity contribution >= 4 is 33.6 Å². The second kappa shape index (κ2) is 5.10. The number of hydrogen-bond donors (Lipinski definition) is 2. The highest BCUT2D eigenvalue weighted by Gasteiger charge is 2.20. The number of carboxylic acids is 1. The number of sulfonamides is 1. The minimum absolute atomic E-state index is 0.193. The molecule has 1 aromatic carbocycles. The van der Waals surface area contributed by atoms with Crippen molar-refractivity contribution < 1.29 is 22.7 Å². The molecule has 0 aliphatic heterocycles. The molecule has 2 N–H and O–H groups in total. The Morgan fingerprint density at radius 2 is 2.10 bits per heavy atom. The molecule has 0 unspecified atom stereocenters. The summed E-state index contributed by atoms with van der Waals surface area (Å²) < 4.78 is 30.9. The van der Waals surface area contributed by atoms with Gasteiger partial charge < -0.3 is 9.52 Å². The van der Waals surface area contributed by atoms with E-state index in [4.69, 9.17) is 21.1 Å². The highest BCUT2D eigenvalue weighted by molar-refractivity contribution is 7.92. The predicted octanol–water partition coefficient (Wildman–Crippen LogP) is 1.53. The van der Waals surface area contributed by atoms with E-state index >= 15 is 0 Å². The minimum Gasteiger partial charge on any atom is -0.478 e. The first-order valence-electron chi connectivity index (χ1n) is 5.15. The van der Waals surface area contributed by atoms with Crippen molar-refractivity contribution in [1.82, 2.24) is 10.2 Å². The lowest BCUT2D eigenvalue weighted by Gasteiger charge is -2.05. The summed E-state index contributed by atoms with van der Waals surface area (Å²) in [5.74, 6) is -1.05. The Labute approximate surface area is 118 Å². The van der Waals surface area contributed by atoms with Gasteiger partial charge in [0.1, 0.15) is 0 Å². The van der Waals surface area contributed by atoms with Crippen LogP contribution in [0.2, 0.25) is 5.02 Å². The number of aromatic nitrogens is 2. The number of nitrogens with zero attached hydrogens (tertiary/aromatic N) is 2. The highest BCUT2D eigenvalue weighted by Crippen LogP contribution is 2.22. The molecule has 1 heterocycles. The first-order valence-corrected chi connectivity index (χ1v) is 7.01. The Kier molecular flexibility index (Phi) is 3.64. The fourth-order valence-corrected chi connectivity index (χ4v) is 2.62. The zero-order valence-corrected chi connectivity index (χ0v) is 11.6. The van der Waals surface area contributed by atoms with Crippen molar-refractivity contribution in [2.75, 3.05) is 4.72 Å². The van der Waals surface area contributed by atoms with Crippen molar-refractivity contribution in [3.8, 4) is 0 Å². The van der Waals surface area contributed by atoms with Crippen LogP contribution in [0.5, 0.6) is 0 Å². The van der Waals surface area contributed by atoms with Crippen LogP contribution in [0.3, 0.4) is 0 Å². The molecule has 0 aliphatic rings. The Morgan fingerprint density at radius 1 is 1.40 bits per heavy atom. The maximum Gasteiger partial charge on any atom is 0.337 e. The molecule has 0 radical (unpaired) electrons. The van der Waals surface area contributed by atoms with E-state index in [2.05, 4.69) is 14.9 Å². The number of benzene rings is 1. The van der Waals surface area contributed by atoms with E-state index in [1.54, 1.807) is 0 Å². The fourth-order valence-electron chi connectivity index (χ4n) is 1.35. The van der Waals surface area contributed by atoms with Gasteiger partial charge in [0.05, 0.1) is 15.5 Å². The average molecular weight is 318 g/mol. The minimum atomic E-state index is -3.99. The van der Waals surface area contributed by atoms with Crippen LogP contribution in [0.15, 0.2) is 27.5 Å². The van der Waals surface area contributed by atoms with Crippen molar-refractivity contribution in [3.63, 3.8) is 0 Å². The molecule has 0 spiro atoms. The SMILES string of the molecule is Cc1nnc(NS(=O)(=O)c2ccc(C(=O)O)c(Cl)c2)o1. The van der Waals surface area contributed by atoms with E-state index in [1.807, 2.05) is 0 Å². The monoisotopic (exact) mass is 317 g/mol. The van der Waals surface area contributed by atoms with Crippen LogP contribution in [-0.2, 0) is 10.0 Å². The molecule has 0 saturated heterocycles. The summed E-state index contributed by atoms with van der Waals surface area (Å²) in [6, 6.07) is 2.94. The zero-order chi connectivity index (χ0) is 14.9. The Morgan fingerprint density at radius 3 is 2.60 bits per heavy atom. The van der Waals surface area contributed by atoms with E-state index < -0.39 is 16.0 Å². The van der Waals surface area contributed by atoms with Crippen LogP contribution in [0, 0.1) is 6.92 Å². The first kappa shape index (κ1) is 14.3. The number of carbonyl (C=O) groups is 1. The second-order valence-electron chi connectivity index (χ2n) is 3.68. The molecule has 1 aromatic heterocycles. The number of halogens is 1. The van der Waals surface area contributed by atoms with Gasteiger partial charge in [0.2, 0.25) is 5.89 Å². The quantitative estimate of drug-likeness (QED) is 0.876. The normalized spacial score (nSPS) is 11.3. The molecule has 2 rings (SSSR count). The van der Waals surface area contributed by atoms with Crippen molar-refractivity contribution in [3.05, 3.63) is 34.7 Å². The summed E-state index contributed by atoms with van der Waals surface area (Å²) in [4.78, 5) is 10.6. The Hall–Kier alpha value is -2.13. The van der Waals surface area contributed by atoms with Crippen LogP contribution < -0.4 is 4.72 Å². The van der Waals surface area contributed by atoms with Gasteiger partial charge in [-0.15, -0.1) is 5.10 Å². The first-order chi connectivity index (χ1) is 9.29. The smallest absolute Gasteiger partial charge is 0.337 e. The average Bonchev–Trinajstić information content (AvgIpc) is 2.73. The summed E-state index contributed by atoms with van der Waals surface area (Å²) >= 11 is 5.71. The highest BCUT2D eigenvalue weighted by atomic mass is 35.5. The summed E-state index contributed by atoms with van der Waals surface area (Å²) in [5, 5.41) is 15.6. The standard InChI is InChI=1S/C10H8ClN3O5S/c1-5-12-13-10(19-5)14-20(17,18)6-2-3-7(9(15)16)8(11)4-6/h2-4H,1H3,(H,13,14)(H,15,16). The van der Waals surface area contributed by atoms with Crippen LogP contribution in [0.1, 0.15) is 16.2 Å². The number of carboxylic acid groups (broad SMARTS) is 1. The Balaban J connectivity index is 2.35. The second-order valence-corrected chi connectivity index (χ2v) is 5.77. The van der Waals surface area contributed by atoms with Crippen LogP contribution >= 0.6 is 11.6 Å². The number of nitrogens with one attached hydrogen (secondary N) is 1. The molecular weight excluding hydrogens is 310 g/mol. The fraction of sp³-hybridized carbons (Fsp3) is 0.100. The Bertz CT molecular complexity index is 771. The van der Waals surface area contributed by atoms with Crippen molar-refractivity contribution in [2.24, 2.45) is 0 Å². The number of anilines is 1. The van der Waals surface area contributed by atoms with E-state index in [0.717, 1.165) is 18.2 Å². The van der Waals surface area contributed by atoms with Gasteiger partial charge in [-0.05, 0) is 18.2 Å². The van der Waals surface area contributed by atoms with Crippen molar-refractivity contribution in [1.29, 1.82) is 0 Å². The molecule has 0 bridgehead atoms. The lowest BCUT2D eigenvalue weighted by atomic mass is 10.2. The molecule has 20 heavy (non-hydrogen) atoms. The molecule has 0 aliphatic carbocycles. The lowest BCUT2D eigenvalue weighted by Crippen LogP contribution is -2.13. The van der Waals surface area contributed by atoms with Gasteiger partial charge in [0, 0.05) is 6.92 Å². The third-order valence-electron chi connectivity index (χ3n) is 2.23.